The van der Waals surface area contributed by atoms with Gasteiger partial charge in [0.05, 0.1) is 5.69 Å². The van der Waals surface area contributed by atoms with E-state index in [9.17, 15) is 4.79 Å². The SMILES string of the molecule is Cc1csc(NC(=O)[C@@H]2C[C@H]3CC[C@H]2C3)n1. The van der Waals surface area contributed by atoms with E-state index in [0.29, 0.717) is 5.92 Å². The van der Waals surface area contributed by atoms with E-state index in [1.807, 2.05) is 12.3 Å². The van der Waals surface area contributed by atoms with Crippen LogP contribution in [0.4, 0.5) is 5.13 Å². The summed E-state index contributed by atoms with van der Waals surface area (Å²) >= 11 is 1.51. The Morgan fingerprint density at radius 1 is 1.50 bits per heavy atom. The second-order valence-electron chi connectivity index (χ2n) is 5.06. The molecule has 3 rings (SSSR count). The van der Waals surface area contributed by atoms with Crippen LogP contribution in [0.5, 0.6) is 0 Å². The van der Waals surface area contributed by atoms with Gasteiger partial charge in [-0.05, 0) is 38.0 Å². The van der Waals surface area contributed by atoms with Crippen LogP contribution in [0.25, 0.3) is 0 Å². The van der Waals surface area contributed by atoms with Crippen molar-refractivity contribution < 1.29 is 4.79 Å². The summed E-state index contributed by atoms with van der Waals surface area (Å²) in [5.41, 5.74) is 0.980. The van der Waals surface area contributed by atoms with Crippen molar-refractivity contribution in [2.75, 3.05) is 5.32 Å². The molecule has 86 valence electrons. The molecule has 3 nitrogen and oxygen atoms in total. The molecule has 4 heteroatoms. The summed E-state index contributed by atoms with van der Waals surface area (Å²) < 4.78 is 0. The molecule has 2 aliphatic rings. The molecule has 0 aromatic carbocycles. The zero-order chi connectivity index (χ0) is 11.1. The molecule has 2 aliphatic carbocycles. The number of nitrogens with zero attached hydrogens (tertiary/aromatic N) is 1. The quantitative estimate of drug-likeness (QED) is 0.858. The minimum atomic E-state index is 0.196. The molecule has 1 heterocycles. The van der Waals surface area contributed by atoms with E-state index in [4.69, 9.17) is 0 Å². The Labute approximate surface area is 99.3 Å². The first-order chi connectivity index (χ1) is 7.72. The predicted octanol–water partition coefficient (Wildman–Crippen LogP) is 2.83. The molecule has 0 saturated heterocycles. The summed E-state index contributed by atoms with van der Waals surface area (Å²) in [5, 5.41) is 5.68. The summed E-state index contributed by atoms with van der Waals surface area (Å²) in [6, 6.07) is 0. The highest BCUT2D eigenvalue weighted by Crippen LogP contribution is 2.48. The first kappa shape index (κ1) is 10.3. The fourth-order valence-electron chi connectivity index (χ4n) is 3.18. The molecule has 1 N–H and O–H groups in total. The van der Waals surface area contributed by atoms with Crippen molar-refractivity contribution in [3.63, 3.8) is 0 Å². The molecule has 1 amide bonds. The van der Waals surface area contributed by atoms with E-state index >= 15 is 0 Å². The van der Waals surface area contributed by atoms with Crippen LogP contribution >= 0.6 is 11.3 Å². The van der Waals surface area contributed by atoms with Crippen LogP contribution in [-0.2, 0) is 4.79 Å². The summed E-state index contributed by atoms with van der Waals surface area (Å²) in [5.74, 6) is 1.91. The van der Waals surface area contributed by atoms with E-state index in [2.05, 4.69) is 10.3 Å². The van der Waals surface area contributed by atoms with Crippen LogP contribution < -0.4 is 5.32 Å². The lowest BCUT2D eigenvalue weighted by Crippen LogP contribution is -2.27. The second kappa shape index (κ2) is 3.84. The largest absolute Gasteiger partial charge is 0.302 e. The highest BCUT2D eigenvalue weighted by atomic mass is 32.1. The average molecular weight is 236 g/mol. The second-order valence-corrected chi connectivity index (χ2v) is 5.92. The van der Waals surface area contributed by atoms with Crippen molar-refractivity contribution in [2.24, 2.45) is 17.8 Å². The number of aromatic nitrogens is 1. The maximum atomic E-state index is 12.1. The van der Waals surface area contributed by atoms with Crippen LogP contribution in [0.2, 0.25) is 0 Å². The Hall–Kier alpha value is -0.900. The van der Waals surface area contributed by atoms with Gasteiger partial charge < -0.3 is 5.32 Å². The normalized spacial score (nSPS) is 31.9. The van der Waals surface area contributed by atoms with Gasteiger partial charge in [0.2, 0.25) is 5.91 Å². The fraction of sp³-hybridized carbons (Fsp3) is 0.667. The lowest BCUT2D eigenvalue weighted by Gasteiger charge is -2.19. The molecule has 2 saturated carbocycles. The van der Waals surface area contributed by atoms with Crippen LogP contribution in [0, 0.1) is 24.7 Å². The van der Waals surface area contributed by atoms with Gasteiger partial charge in [0, 0.05) is 11.3 Å². The zero-order valence-corrected chi connectivity index (χ0v) is 10.2. The van der Waals surface area contributed by atoms with Gasteiger partial charge >= 0.3 is 0 Å². The summed E-state index contributed by atoms with van der Waals surface area (Å²) in [6.07, 6.45) is 4.96. The van der Waals surface area contributed by atoms with Gasteiger partial charge in [-0.25, -0.2) is 4.98 Å². The molecule has 0 radical (unpaired) electrons. The lowest BCUT2D eigenvalue weighted by molar-refractivity contribution is -0.121. The Kier molecular flexibility index (Phi) is 2.46. The number of nitrogens with one attached hydrogen (secondary N) is 1. The number of carbonyl (C=O) groups excluding carboxylic acids is 1. The van der Waals surface area contributed by atoms with Crippen LogP contribution in [-0.4, -0.2) is 10.9 Å². The number of amides is 1. The molecule has 2 fully saturated rings. The number of hydrogen-bond acceptors (Lipinski definition) is 3. The number of hydrogen-bond donors (Lipinski definition) is 1. The zero-order valence-electron chi connectivity index (χ0n) is 9.40. The fourth-order valence-corrected chi connectivity index (χ4v) is 3.87. The minimum absolute atomic E-state index is 0.196. The predicted molar refractivity (Wildman–Crippen MR) is 64.4 cm³/mol. The van der Waals surface area contributed by atoms with Crippen molar-refractivity contribution in [3.05, 3.63) is 11.1 Å². The first-order valence-corrected chi connectivity index (χ1v) is 6.83. The molecule has 0 spiro atoms. The number of rotatable bonds is 2. The van der Waals surface area contributed by atoms with E-state index in [1.165, 1.54) is 30.6 Å². The molecule has 3 atom stereocenters. The van der Waals surface area contributed by atoms with Gasteiger partial charge in [0.15, 0.2) is 5.13 Å². The average Bonchev–Trinajstić information content (AvgIpc) is 2.93. The Morgan fingerprint density at radius 2 is 2.38 bits per heavy atom. The smallest absolute Gasteiger partial charge is 0.229 e. The summed E-state index contributed by atoms with van der Waals surface area (Å²) in [4.78, 5) is 16.3. The Morgan fingerprint density at radius 3 is 2.94 bits per heavy atom. The van der Waals surface area contributed by atoms with Gasteiger partial charge in [0.25, 0.3) is 0 Å². The van der Waals surface area contributed by atoms with Gasteiger partial charge in [-0.3, -0.25) is 4.79 Å². The van der Waals surface area contributed by atoms with Crippen molar-refractivity contribution in [2.45, 2.75) is 32.6 Å². The number of anilines is 1. The van der Waals surface area contributed by atoms with Gasteiger partial charge in [0.1, 0.15) is 0 Å². The summed E-state index contributed by atoms with van der Waals surface area (Å²) in [6.45, 7) is 1.95. The van der Waals surface area contributed by atoms with Crippen molar-refractivity contribution >= 4 is 22.4 Å². The highest BCUT2D eigenvalue weighted by molar-refractivity contribution is 7.13. The van der Waals surface area contributed by atoms with Gasteiger partial charge in [-0.2, -0.15) is 0 Å². The lowest BCUT2D eigenvalue weighted by atomic mass is 9.88. The van der Waals surface area contributed by atoms with Gasteiger partial charge in [-0.1, -0.05) is 6.42 Å². The molecule has 0 aliphatic heterocycles. The molecular weight excluding hydrogens is 220 g/mol. The van der Waals surface area contributed by atoms with Crippen LogP contribution in [0.1, 0.15) is 31.4 Å². The monoisotopic (exact) mass is 236 g/mol. The molecule has 2 bridgehead atoms. The van der Waals surface area contributed by atoms with E-state index < -0.39 is 0 Å². The van der Waals surface area contributed by atoms with Gasteiger partial charge in [-0.15, -0.1) is 11.3 Å². The number of aryl methyl sites for hydroxylation is 1. The standard InChI is InChI=1S/C12H16N2OS/c1-7-6-16-12(13-7)14-11(15)10-5-8-2-3-9(10)4-8/h6,8-10H,2-5H2,1H3,(H,13,14,15)/t8-,9-,10+/m0/s1. The molecular formula is C12H16N2OS. The van der Waals surface area contributed by atoms with Crippen LogP contribution in [0.3, 0.4) is 0 Å². The van der Waals surface area contributed by atoms with E-state index in [0.717, 1.165) is 23.2 Å². The topological polar surface area (TPSA) is 42.0 Å². The summed E-state index contributed by atoms with van der Waals surface area (Å²) in [7, 11) is 0. The third-order valence-electron chi connectivity index (χ3n) is 3.92. The van der Waals surface area contributed by atoms with Crippen molar-refractivity contribution in [1.29, 1.82) is 0 Å². The maximum Gasteiger partial charge on any atom is 0.229 e. The van der Waals surface area contributed by atoms with Crippen molar-refractivity contribution in [1.82, 2.24) is 4.98 Å². The number of carbonyl (C=O) groups is 1. The third kappa shape index (κ3) is 1.75. The molecule has 16 heavy (non-hydrogen) atoms. The molecule has 0 unspecified atom stereocenters. The number of fused-ring (bicyclic) bond motifs is 2. The Bertz CT molecular complexity index is 415. The van der Waals surface area contributed by atoms with Crippen molar-refractivity contribution in [3.8, 4) is 0 Å². The highest BCUT2D eigenvalue weighted by Gasteiger charge is 2.43. The van der Waals surface area contributed by atoms with E-state index in [1.54, 1.807) is 0 Å². The third-order valence-corrected chi connectivity index (χ3v) is 4.80. The molecule has 1 aromatic heterocycles. The maximum absolute atomic E-state index is 12.1. The first-order valence-electron chi connectivity index (χ1n) is 5.95. The number of thiazole rings is 1. The van der Waals surface area contributed by atoms with E-state index in [-0.39, 0.29) is 11.8 Å². The molecule has 1 aromatic rings. The van der Waals surface area contributed by atoms with Crippen LogP contribution in [0.15, 0.2) is 5.38 Å². The minimum Gasteiger partial charge on any atom is -0.302 e. The Balaban J connectivity index is 1.65.